The molecule has 2 unspecified atom stereocenters. The number of phosphoric acid groups is 1. The Labute approximate surface area is 516 Å². The number of rotatable bonds is 60. The molecule has 0 aromatic carbocycles. The maximum atomic E-state index is 12.9. The van der Waals surface area contributed by atoms with E-state index in [0.717, 1.165) is 128 Å². The van der Waals surface area contributed by atoms with Crippen molar-refractivity contribution in [3.8, 4) is 0 Å². The van der Waals surface area contributed by atoms with Gasteiger partial charge in [0.25, 0.3) is 0 Å². The number of carbonyl (C=O) groups excluding carboxylic acids is 2. The van der Waals surface area contributed by atoms with Gasteiger partial charge in [-0.3, -0.25) is 18.6 Å². The van der Waals surface area contributed by atoms with Crippen molar-refractivity contribution in [2.24, 2.45) is 0 Å². The van der Waals surface area contributed by atoms with Crippen molar-refractivity contribution < 1.29 is 42.1 Å². The number of ether oxygens (including phenoxy) is 2. The molecule has 0 aliphatic rings. The van der Waals surface area contributed by atoms with Gasteiger partial charge in [0.05, 0.1) is 27.7 Å². The largest absolute Gasteiger partial charge is 0.472 e. The van der Waals surface area contributed by atoms with Crippen molar-refractivity contribution in [3.05, 3.63) is 146 Å². The number of unbranched alkanes of at least 4 members (excludes halogenated alkanes) is 22. The third-order valence-corrected chi connectivity index (χ3v) is 14.8. The van der Waals surface area contributed by atoms with E-state index in [2.05, 4.69) is 160 Å². The highest BCUT2D eigenvalue weighted by atomic mass is 31.2. The Kier molecular flexibility index (Phi) is 60.3. The minimum atomic E-state index is -4.40. The van der Waals surface area contributed by atoms with Crippen molar-refractivity contribution in [2.45, 2.75) is 264 Å². The van der Waals surface area contributed by atoms with E-state index in [4.69, 9.17) is 18.5 Å². The molecule has 0 aliphatic carbocycles. The van der Waals surface area contributed by atoms with Gasteiger partial charge in [0.15, 0.2) is 6.10 Å². The number of esters is 2. The molecule has 0 fully saturated rings. The average Bonchev–Trinajstić information content (AvgIpc) is 3.61. The molecule has 0 saturated heterocycles. The van der Waals surface area contributed by atoms with E-state index in [1.807, 2.05) is 21.1 Å². The molecule has 1 N–H and O–H groups in total. The Morgan fingerprint density at radius 3 is 0.952 bits per heavy atom. The molecule has 0 spiro atoms. The molecule has 0 aliphatic heterocycles. The van der Waals surface area contributed by atoms with E-state index in [1.165, 1.54) is 96.3 Å². The molecule has 2 atom stereocenters. The van der Waals surface area contributed by atoms with Crippen LogP contribution in [0.15, 0.2) is 146 Å². The second kappa shape index (κ2) is 63.4. The first-order valence-electron chi connectivity index (χ1n) is 33.6. The normalized spacial score (nSPS) is 14.1. The van der Waals surface area contributed by atoms with Crippen molar-refractivity contribution in [3.63, 3.8) is 0 Å². The summed E-state index contributed by atoms with van der Waals surface area (Å²) >= 11 is 0. The van der Waals surface area contributed by atoms with Crippen molar-refractivity contribution in [1.29, 1.82) is 0 Å². The standard InChI is InChI=1S/C74H124NO8P/c1-6-8-10-12-14-16-18-20-22-24-26-28-30-32-34-36-37-39-41-43-45-47-49-51-53-55-57-59-61-63-65-67-74(77)83-72(71-82-84(78,79)81-69-68-75(3,4)5)70-80-73(76)66-64-62-60-58-56-54-52-50-48-46-44-42-40-38-35-33-31-29-27-25-23-21-19-17-15-13-11-9-7-2/h8-11,14-17,20-23,26-29,32-35,37,39-40,42,72H,6-7,12-13,18-19,24-25,30-31,36,38,41,43-71H2,1-5H3/p+1/b10-8-,11-9-,16-14-,17-15-,22-20-,23-21-,28-26-,29-27-,34-32-,35-33-,39-37-,42-40-. The Bertz CT molecular complexity index is 1930. The fraction of sp³-hybridized carbons (Fsp3) is 0.649. The molecule has 0 bridgehead atoms. The number of allylic oxidation sites excluding steroid dienone is 24. The predicted octanol–water partition coefficient (Wildman–Crippen LogP) is 21.8. The Morgan fingerprint density at radius 1 is 0.369 bits per heavy atom. The summed E-state index contributed by atoms with van der Waals surface area (Å²) in [7, 11) is 1.46. The van der Waals surface area contributed by atoms with Gasteiger partial charge < -0.3 is 18.9 Å². The molecule has 0 aromatic rings. The van der Waals surface area contributed by atoms with Crippen LogP contribution in [-0.4, -0.2) is 74.9 Å². The second-order valence-electron chi connectivity index (χ2n) is 23.1. The SMILES string of the molecule is CC/C=C\C/C=C\C/C=C\C/C=C\C/C=C\C/C=C\CCCCCCCCCCCCCCC(=O)OC(COC(=O)CCCCCCCCCCCC/C=C\C/C=C\C/C=C\C/C=C\C/C=C\C/C=C\CC)COP(=O)(O)OCC[N+](C)(C)C. The topological polar surface area (TPSA) is 108 Å². The molecule has 84 heavy (non-hydrogen) atoms. The van der Waals surface area contributed by atoms with Crippen LogP contribution in [0, 0.1) is 0 Å². The maximum absolute atomic E-state index is 12.9. The van der Waals surface area contributed by atoms with Gasteiger partial charge in [0, 0.05) is 12.8 Å². The molecular formula is C74H125NO8P+. The summed E-state index contributed by atoms with van der Waals surface area (Å²) in [6.45, 7) is 4.20. The van der Waals surface area contributed by atoms with Gasteiger partial charge in [0.1, 0.15) is 19.8 Å². The number of carbonyl (C=O) groups is 2. The zero-order valence-electron chi connectivity index (χ0n) is 54.3. The van der Waals surface area contributed by atoms with Gasteiger partial charge in [-0.15, -0.1) is 0 Å². The van der Waals surface area contributed by atoms with Crippen molar-refractivity contribution in [2.75, 3.05) is 47.5 Å². The third-order valence-electron chi connectivity index (χ3n) is 13.9. The number of nitrogens with zero attached hydrogens (tertiary/aromatic N) is 1. The summed E-state index contributed by atoms with van der Waals surface area (Å²) in [5, 5.41) is 0. The number of phosphoric ester groups is 1. The highest BCUT2D eigenvalue weighted by Crippen LogP contribution is 2.43. The van der Waals surface area contributed by atoms with Gasteiger partial charge in [-0.2, -0.15) is 0 Å². The summed E-state index contributed by atoms with van der Waals surface area (Å²) in [5.41, 5.74) is 0. The molecule has 0 heterocycles. The number of hydrogen-bond donors (Lipinski definition) is 1. The van der Waals surface area contributed by atoms with Crippen LogP contribution < -0.4 is 0 Å². The van der Waals surface area contributed by atoms with Crippen LogP contribution >= 0.6 is 7.82 Å². The van der Waals surface area contributed by atoms with E-state index in [0.29, 0.717) is 17.4 Å². The van der Waals surface area contributed by atoms with Gasteiger partial charge in [-0.05, 0) is 116 Å². The lowest BCUT2D eigenvalue weighted by atomic mass is 10.0. The monoisotopic (exact) mass is 1190 g/mol. The second-order valence-corrected chi connectivity index (χ2v) is 24.5. The van der Waals surface area contributed by atoms with E-state index < -0.39 is 26.5 Å². The molecule has 0 radical (unpaired) electrons. The highest BCUT2D eigenvalue weighted by molar-refractivity contribution is 7.47. The van der Waals surface area contributed by atoms with Crippen LogP contribution in [0.3, 0.4) is 0 Å². The van der Waals surface area contributed by atoms with Gasteiger partial charge in [-0.25, -0.2) is 4.57 Å². The quantitative estimate of drug-likeness (QED) is 0.0211. The van der Waals surface area contributed by atoms with Gasteiger partial charge in [-0.1, -0.05) is 275 Å². The zero-order chi connectivity index (χ0) is 61.2. The first-order chi connectivity index (χ1) is 41.0. The van der Waals surface area contributed by atoms with E-state index in [-0.39, 0.29) is 32.0 Å². The molecule has 478 valence electrons. The lowest BCUT2D eigenvalue weighted by molar-refractivity contribution is -0.870. The smallest absolute Gasteiger partial charge is 0.462 e. The summed E-state index contributed by atoms with van der Waals surface area (Å²) in [5.74, 6) is -0.809. The van der Waals surface area contributed by atoms with Crippen LogP contribution in [0.4, 0.5) is 0 Å². The molecule has 0 amide bonds. The van der Waals surface area contributed by atoms with Gasteiger partial charge >= 0.3 is 19.8 Å². The summed E-state index contributed by atoms with van der Waals surface area (Å²) in [4.78, 5) is 35.9. The van der Waals surface area contributed by atoms with E-state index in [1.54, 1.807) is 0 Å². The fourth-order valence-electron chi connectivity index (χ4n) is 8.79. The summed E-state index contributed by atoms with van der Waals surface area (Å²) in [6, 6.07) is 0. The Hall–Kier alpha value is -4.11. The lowest BCUT2D eigenvalue weighted by Crippen LogP contribution is -2.37. The maximum Gasteiger partial charge on any atom is 0.472 e. The minimum absolute atomic E-state index is 0.0237. The van der Waals surface area contributed by atoms with Crippen LogP contribution in [-0.2, 0) is 32.7 Å². The predicted molar refractivity (Wildman–Crippen MR) is 362 cm³/mol. The summed E-state index contributed by atoms with van der Waals surface area (Å²) in [6.07, 6.45) is 93.6. The first-order valence-corrected chi connectivity index (χ1v) is 35.1. The summed E-state index contributed by atoms with van der Waals surface area (Å²) < 4.78 is 34.7. The lowest BCUT2D eigenvalue weighted by Gasteiger charge is -2.24. The van der Waals surface area contributed by atoms with Crippen LogP contribution in [0.5, 0.6) is 0 Å². The molecule has 0 aromatic heterocycles. The van der Waals surface area contributed by atoms with Crippen LogP contribution in [0.1, 0.15) is 258 Å². The zero-order valence-corrected chi connectivity index (χ0v) is 55.2. The molecule has 9 nitrogen and oxygen atoms in total. The Morgan fingerprint density at radius 2 is 0.643 bits per heavy atom. The highest BCUT2D eigenvalue weighted by Gasteiger charge is 2.27. The first kappa shape index (κ1) is 79.9. The van der Waals surface area contributed by atoms with E-state index in [9.17, 15) is 19.0 Å². The van der Waals surface area contributed by atoms with Crippen LogP contribution in [0.2, 0.25) is 0 Å². The third kappa shape index (κ3) is 67.0. The van der Waals surface area contributed by atoms with Crippen molar-refractivity contribution >= 4 is 19.8 Å². The number of hydrogen-bond acceptors (Lipinski definition) is 7. The van der Waals surface area contributed by atoms with Crippen molar-refractivity contribution in [1.82, 2.24) is 0 Å². The van der Waals surface area contributed by atoms with Crippen LogP contribution in [0.25, 0.3) is 0 Å². The average molecular weight is 1190 g/mol. The molecule has 10 heteroatoms. The minimum Gasteiger partial charge on any atom is -0.462 e. The number of quaternary nitrogens is 1. The molecule has 0 rings (SSSR count). The van der Waals surface area contributed by atoms with E-state index >= 15 is 0 Å². The molecule has 0 saturated carbocycles. The molecular weight excluding hydrogens is 1060 g/mol. The number of likely N-dealkylation sites (N-methyl/N-ethyl adjacent to an activating group) is 1. The Balaban J connectivity index is 4.13. The fourth-order valence-corrected chi connectivity index (χ4v) is 9.53. The van der Waals surface area contributed by atoms with Gasteiger partial charge in [0.2, 0.25) is 0 Å².